The van der Waals surface area contributed by atoms with Crippen LogP contribution in [-0.4, -0.2) is 12.2 Å². The molecule has 0 amide bonds. The van der Waals surface area contributed by atoms with E-state index in [9.17, 15) is 0 Å². The van der Waals surface area contributed by atoms with E-state index in [1.807, 2.05) is 6.08 Å². The van der Waals surface area contributed by atoms with E-state index in [0.29, 0.717) is 12.5 Å². The molecule has 0 N–H and O–H groups in total. The molecule has 1 fully saturated rings. The van der Waals surface area contributed by atoms with Crippen molar-refractivity contribution in [1.29, 1.82) is 0 Å². The Balaban J connectivity index is 2.24. The van der Waals surface area contributed by atoms with Crippen molar-refractivity contribution in [2.45, 2.75) is 12.0 Å². The Hall–Kier alpha value is -0.740. The summed E-state index contributed by atoms with van der Waals surface area (Å²) in [6, 6.07) is 0. The zero-order valence-electron chi connectivity index (χ0n) is 5.13. The first kappa shape index (κ1) is 5.08. The van der Waals surface area contributed by atoms with Crippen LogP contribution in [0.3, 0.4) is 0 Å². The standard InChI is InChI=1S/C8H8O/c1-2-8-6-7(8)4-3-5-9-8/h1,3-4,7H,5-6H2. The summed E-state index contributed by atoms with van der Waals surface area (Å²) in [4.78, 5) is 0. The van der Waals surface area contributed by atoms with Crippen molar-refractivity contribution in [1.82, 2.24) is 0 Å². The van der Waals surface area contributed by atoms with E-state index < -0.39 is 0 Å². The third-order valence-electron chi connectivity index (χ3n) is 2.01. The highest BCUT2D eigenvalue weighted by molar-refractivity contribution is 5.30. The van der Waals surface area contributed by atoms with E-state index in [1.54, 1.807) is 0 Å². The maximum atomic E-state index is 5.37. The highest BCUT2D eigenvalue weighted by atomic mass is 16.5. The lowest BCUT2D eigenvalue weighted by Gasteiger charge is -2.11. The summed E-state index contributed by atoms with van der Waals surface area (Å²) in [5.41, 5.74) is -0.172. The topological polar surface area (TPSA) is 9.23 Å². The second-order valence-electron chi connectivity index (χ2n) is 2.58. The first-order chi connectivity index (χ1) is 4.37. The molecule has 0 bridgehead atoms. The van der Waals surface area contributed by atoms with Crippen molar-refractivity contribution in [3.63, 3.8) is 0 Å². The predicted molar refractivity (Wildman–Crippen MR) is 34.8 cm³/mol. The molecule has 9 heavy (non-hydrogen) atoms. The van der Waals surface area contributed by atoms with Crippen LogP contribution < -0.4 is 0 Å². The van der Waals surface area contributed by atoms with Gasteiger partial charge < -0.3 is 4.74 Å². The Morgan fingerprint density at radius 1 is 1.78 bits per heavy atom. The summed E-state index contributed by atoms with van der Waals surface area (Å²) in [5, 5.41) is 0. The monoisotopic (exact) mass is 120 g/mol. The number of hydrogen-bond acceptors (Lipinski definition) is 1. The molecular formula is C8H8O. The first-order valence-corrected chi connectivity index (χ1v) is 3.16. The van der Waals surface area contributed by atoms with Gasteiger partial charge in [0, 0.05) is 5.92 Å². The summed E-state index contributed by atoms with van der Waals surface area (Å²) in [7, 11) is 0. The Morgan fingerprint density at radius 3 is 3.22 bits per heavy atom. The van der Waals surface area contributed by atoms with Crippen molar-refractivity contribution in [3.8, 4) is 12.3 Å². The van der Waals surface area contributed by atoms with Crippen molar-refractivity contribution in [2.75, 3.05) is 6.61 Å². The number of terminal acetylenes is 1. The van der Waals surface area contributed by atoms with Crippen LogP contribution in [0.2, 0.25) is 0 Å². The molecular weight excluding hydrogens is 112 g/mol. The van der Waals surface area contributed by atoms with E-state index >= 15 is 0 Å². The van der Waals surface area contributed by atoms with Gasteiger partial charge >= 0.3 is 0 Å². The highest BCUT2D eigenvalue weighted by Gasteiger charge is 2.54. The summed E-state index contributed by atoms with van der Waals surface area (Å²) in [6.07, 6.45) is 10.5. The van der Waals surface area contributed by atoms with Gasteiger partial charge in [-0.15, -0.1) is 6.42 Å². The van der Waals surface area contributed by atoms with Gasteiger partial charge in [0.25, 0.3) is 0 Å². The molecule has 0 aromatic heterocycles. The number of hydrogen-bond donors (Lipinski definition) is 0. The van der Waals surface area contributed by atoms with Crippen LogP contribution in [0.4, 0.5) is 0 Å². The normalized spacial score (nSPS) is 45.4. The zero-order chi connectivity index (χ0) is 6.32. The lowest BCUT2D eigenvalue weighted by atomic mass is 10.2. The Bertz CT molecular complexity index is 199. The lowest BCUT2D eigenvalue weighted by Crippen LogP contribution is -2.16. The summed E-state index contributed by atoms with van der Waals surface area (Å²) in [5.74, 6) is 3.21. The van der Waals surface area contributed by atoms with E-state index in [0.717, 1.165) is 6.42 Å². The molecule has 2 aliphatic rings. The maximum absolute atomic E-state index is 5.37. The molecule has 1 aliphatic heterocycles. The van der Waals surface area contributed by atoms with Gasteiger partial charge in [0.05, 0.1) is 6.61 Å². The molecule has 1 nitrogen and oxygen atoms in total. The molecule has 0 radical (unpaired) electrons. The van der Waals surface area contributed by atoms with Crippen LogP contribution in [-0.2, 0) is 4.74 Å². The zero-order valence-corrected chi connectivity index (χ0v) is 5.13. The highest BCUT2D eigenvalue weighted by Crippen LogP contribution is 2.49. The molecule has 2 rings (SSSR count). The number of ether oxygens (including phenoxy) is 1. The second kappa shape index (κ2) is 1.40. The maximum Gasteiger partial charge on any atom is 0.135 e. The van der Waals surface area contributed by atoms with Crippen LogP contribution in [0.1, 0.15) is 6.42 Å². The molecule has 1 aliphatic carbocycles. The van der Waals surface area contributed by atoms with Crippen molar-refractivity contribution < 1.29 is 4.74 Å². The molecule has 46 valence electrons. The molecule has 2 unspecified atom stereocenters. The minimum atomic E-state index is -0.172. The van der Waals surface area contributed by atoms with Gasteiger partial charge in [-0.3, -0.25) is 0 Å². The van der Waals surface area contributed by atoms with Crippen LogP contribution in [0, 0.1) is 18.3 Å². The average molecular weight is 120 g/mol. The fraction of sp³-hybridized carbons (Fsp3) is 0.500. The summed E-state index contributed by atoms with van der Waals surface area (Å²) >= 11 is 0. The van der Waals surface area contributed by atoms with E-state index in [2.05, 4.69) is 12.0 Å². The molecule has 0 aromatic carbocycles. The van der Waals surface area contributed by atoms with Crippen LogP contribution in [0.25, 0.3) is 0 Å². The first-order valence-electron chi connectivity index (χ1n) is 3.16. The van der Waals surface area contributed by atoms with Gasteiger partial charge in [-0.05, 0) is 6.42 Å². The van der Waals surface area contributed by atoms with Crippen LogP contribution >= 0.6 is 0 Å². The second-order valence-corrected chi connectivity index (χ2v) is 2.58. The molecule has 0 saturated heterocycles. The van der Waals surface area contributed by atoms with Gasteiger partial charge in [-0.1, -0.05) is 18.1 Å². The molecule has 1 heteroatoms. The lowest BCUT2D eigenvalue weighted by molar-refractivity contribution is 0.0826. The van der Waals surface area contributed by atoms with Gasteiger partial charge in [0.2, 0.25) is 0 Å². The third kappa shape index (κ3) is 0.541. The average Bonchev–Trinajstić information content (AvgIpc) is 2.62. The smallest absolute Gasteiger partial charge is 0.135 e. The van der Waals surface area contributed by atoms with E-state index in [-0.39, 0.29) is 5.60 Å². The largest absolute Gasteiger partial charge is 0.358 e. The van der Waals surface area contributed by atoms with Gasteiger partial charge in [-0.2, -0.15) is 0 Å². The minimum absolute atomic E-state index is 0.172. The van der Waals surface area contributed by atoms with E-state index in [1.165, 1.54) is 0 Å². The van der Waals surface area contributed by atoms with Crippen molar-refractivity contribution >= 4 is 0 Å². The Kier molecular flexibility index (Phi) is 0.789. The molecule has 1 heterocycles. The van der Waals surface area contributed by atoms with Gasteiger partial charge in [0.15, 0.2) is 0 Å². The van der Waals surface area contributed by atoms with E-state index in [4.69, 9.17) is 11.2 Å². The van der Waals surface area contributed by atoms with Gasteiger partial charge in [-0.25, -0.2) is 0 Å². The Morgan fingerprint density at radius 2 is 2.67 bits per heavy atom. The van der Waals surface area contributed by atoms with Gasteiger partial charge in [0.1, 0.15) is 5.60 Å². The summed E-state index contributed by atoms with van der Waals surface area (Å²) in [6.45, 7) is 0.695. The molecule has 2 atom stereocenters. The SMILES string of the molecule is C#CC12CC1C=CCO2. The fourth-order valence-electron chi connectivity index (χ4n) is 1.28. The van der Waals surface area contributed by atoms with Crippen molar-refractivity contribution in [3.05, 3.63) is 12.2 Å². The van der Waals surface area contributed by atoms with Crippen molar-refractivity contribution in [2.24, 2.45) is 5.92 Å². The number of rotatable bonds is 0. The molecule has 1 saturated carbocycles. The molecule has 0 spiro atoms. The number of fused-ring (bicyclic) bond motifs is 1. The third-order valence-corrected chi connectivity index (χ3v) is 2.01. The molecule has 0 aromatic rings. The quantitative estimate of drug-likeness (QED) is 0.342. The summed E-state index contributed by atoms with van der Waals surface area (Å²) < 4.78 is 5.37. The van der Waals surface area contributed by atoms with Crippen LogP contribution in [0.15, 0.2) is 12.2 Å². The minimum Gasteiger partial charge on any atom is -0.358 e. The van der Waals surface area contributed by atoms with Crippen LogP contribution in [0.5, 0.6) is 0 Å². The fourth-order valence-corrected chi connectivity index (χ4v) is 1.28. The predicted octanol–water partition coefficient (Wildman–Crippen LogP) is 0.965. The Labute approximate surface area is 54.7 Å².